The highest BCUT2D eigenvalue weighted by atomic mass is 16.1. The number of amides is 1. The van der Waals surface area contributed by atoms with E-state index in [1.807, 2.05) is 33.2 Å². The van der Waals surface area contributed by atoms with E-state index in [0.717, 1.165) is 24.2 Å². The largest absolute Gasteiger partial charge is 0.330 e. The lowest BCUT2D eigenvalue weighted by molar-refractivity contribution is -0.116. The zero-order valence-corrected chi connectivity index (χ0v) is 11.5. The maximum atomic E-state index is 11.7. The lowest BCUT2D eigenvalue weighted by atomic mass is 10.1. The second-order valence-electron chi connectivity index (χ2n) is 4.83. The van der Waals surface area contributed by atoms with Crippen LogP contribution in [-0.4, -0.2) is 31.4 Å². The average Bonchev–Trinajstić information content (AvgIpc) is 2.30. The van der Waals surface area contributed by atoms with Crippen LogP contribution in [0.1, 0.15) is 24.0 Å². The lowest BCUT2D eigenvalue weighted by Gasteiger charge is -2.13. The molecule has 4 nitrogen and oxygen atoms in total. The third-order valence-electron chi connectivity index (χ3n) is 2.68. The summed E-state index contributed by atoms with van der Waals surface area (Å²) in [5.74, 6) is 0.0329. The van der Waals surface area contributed by atoms with E-state index < -0.39 is 0 Å². The summed E-state index contributed by atoms with van der Waals surface area (Å²) in [5.41, 5.74) is 8.57. The molecule has 0 saturated heterocycles. The van der Waals surface area contributed by atoms with Gasteiger partial charge in [-0.05, 0) is 51.2 Å². The number of hydrogen-bond acceptors (Lipinski definition) is 3. The molecular weight excluding hydrogens is 226 g/mol. The van der Waals surface area contributed by atoms with E-state index in [9.17, 15) is 4.79 Å². The molecule has 0 unspecified atom stereocenters. The van der Waals surface area contributed by atoms with Crippen molar-refractivity contribution in [2.24, 2.45) is 5.73 Å². The summed E-state index contributed by atoms with van der Waals surface area (Å²) >= 11 is 0. The van der Waals surface area contributed by atoms with Crippen molar-refractivity contribution < 1.29 is 4.79 Å². The van der Waals surface area contributed by atoms with Gasteiger partial charge in [0.05, 0.1) is 0 Å². The predicted molar refractivity (Wildman–Crippen MR) is 75.5 cm³/mol. The van der Waals surface area contributed by atoms with E-state index in [4.69, 9.17) is 5.73 Å². The molecule has 0 saturated carbocycles. The van der Waals surface area contributed by atoms with E-state index in [1.54, 1.807) is 0 Å². The Balaban J connectivity index is 2.71. The molecular formula is C14H23N3O. The number of carbonyl (C=O) groups is 1. The summed E-state index contributed by atoms with van der Waals surface area (Å²) in [5, 5.41) is 2.95. The summed E-state index contributed by atoms with van der Waals surface area (Å²) in [6.07, 6.45) is 1.20. The maximum Gasteiger partial charge on any atom is 0.224 e. The maximum absolute atomic E-state index is 11.7. The van der Waals surface area contributed by atoms with Crippen LogP contribution >= 0.6 is 0 Å². The van der Waals surface area contributed by atoms with Crippen molar-refractivity contribution in [2.45, 2.75) is 26.3 Å². The first-order chi connectivity index (χ1) is 8.52. The molecule has 0 heterocycles. The standard InChI is InChI=1S/C14H23N3O/c1-11-6-7-12(10-17(2)3)9-13(11)16-14(18)5-4-8-15/h6-7,9H,4-5,8,10,15H2,1-3H3,(H,16,18). The van der Waals surface area contributed by atoms with Gasteiger partial charge in [-0.25, -0.2) is 0 Å². The number of nitrogens with one attached hydrogen (secondary N) is 1. The van der Waals surface area contributed by atoms with Crippen LogP contribution in [0, 0.1) is 6.92 Å². The van der Waals surface area contributed by atoms with Crippen molar-refractivity contribution in [1.82, 2.24) is 4.90 Å². The molecule has 0 aliphatic heterocycles. The van der Waals surface area contributed by atoms with Crippen molar-refractivity contribution in [3.8, 4) is 0 Å². The number of benzene rings is 1. The lowest BCUT2D eigenvalue weighted by Crippen LogP contribution is -2.15. The molecule has 1 aromatic rings. The molecule has 1 aromatic carbocycles. The summed E-state index contributed by atoms with van der Waals surface area (Å²) in [4.78, 5) is 13.8. The van der Waals surface area contributed by atoms with Crippen molar-refractivity contribution in [3.63, 3.8) is 0 Å². The normalized spacial score (nSPS) is 10.7. The molecule has 100 valence electrons. The number of aryl methyl sites for hydroxylation is 1. The fraction of sp³-hybridized carbons (Fsp3) is 0.500. The molecule has 0 aromatic heterocycles. The molecule has 0 aliphatic rings. The summed E-state index contributed by atoms with van der Waals surface area (Å²) < 4.78 is 0. The topological polar surface area (TPSA) is 58.4 Å². The Bertz CT molecular complexity index is 402. The SMILES string of the molecule is Cc1ccc(CN(C)C)cc1NC(=O)CCCN. The number of rotatable bonds is 6. The molecule has 0 spiro atoms. The van der Waals surface area contributed by atoms with Crippen LogP contribution in [0.4, 0.5) is 5.69 Å². The Morgan fingerprint density at radius 1 is 1.39 bits per heavy atom. The van der Waals surface area contributed by atoms with Crippen molar-refractivity contribution >= 4 is 11.6 Å². The fourth-order valence-electron chi connectivity index (χ4n) is 1.74. The van der Waals surface area contributed by atoms with Gasteiger partial charge in [0, 0.05) is 18.7 Å². The highest BCUT2D eigenvalue weighted by Crippen LogP contribution is 2.18. The highest BCUT2D eigenvalue weighted by Gasteiger charge is 2.06. The molecule has 0 radical (unpaired) electrons. The van der Waals surface area contributed by atoms with E-state index in [0.29, 0.717) is 13.0 Å². The summed E-state index contributed by atoms with van der Waals surface area (Å²) in [7, 11) is 4.05. The first-order valence-corrected chi connectivity index (χ1v) is 6.27. The van der Waals surface area contributed by atoms with E-state index in [-0.39, 0.29) is 5.91 Å². The monoisotopic (exact) mass is 249 g/mol. The third kappa shape index (κ3) is 4.85. The smallest absolute Gasteiger partial charge is 0.224 e. The Labute approximate surface area is 109 Å². The Hall–Kier alpha value is -1.39. The van der Waals surface area contributed by atoms with Gasteiger partial charge >= 0.3 is 0 Å². The van der Waals surface area contributed by atoms with Crippen LogP contribution in [-0.2, 0) is 11.3 Å². The van der Waals surface area contributed by atoms with Gasteiger partial charge in [0.2, 0.25) is 5.91 Å². The first-order valence-electron chi connectivity index (χ1n) is 6.27. The molecule has 3 N–H and O–H groups in total. The minimum absolute atomic E-state index is 0.0329. The number of nitrogens with zero attached hydrogens (tertiary/aromatic N) is 1. The number of hydrogen-bond donors (Lipinski definition) is 2. The van der Waals surface area contributed by atoms with Gasteiger partial charge < -0.3 is 16.0 Å². The van der Waals surface area contributed by atoms with Crippen LogP contribution in [0.15, 0.2) is 18.2 Å². The second-order valence-corrected chi connectivity index (χ2v) is 4.83. The molecule has 4 heteroatoms. The van der Waals surface area contributed by atoms with E-state index >= 15 is 0 Å². The quantitative estimate of drug-likeness (QED) is 0.807. The zero-order valence-electron chi connectivity index (χ0n) is 11.5. The van der Waals surface area contributed by atoms with Crippen LogP contribution in [0.3, 0.4) is 0 Å². The Morgan fingerprint density at radius 2 is 2.11 bits per heavy atom. The van der Waals surface area contributed by atoms with Crippen molar-refractivity contribution in [3.05, 3.63) is 29.3 Å². The fourth-order valence-corrected chi connectivity index (χ4v) is 1.74. The van der Waals surface area contributed by atoms with Crippen LogP contribution in [0.2, 0.25) is 0 Å². The molecule has 0 bridgehead atoms. The molecule has 0 fully saturated rings. The zero-order chi connectivity index (χ0) is 13.5. The van der Waals surface area contributed by atoms with E-state index in [2.05, 4.69) is 16.3 Å². The van der Waals surface area contributed by atoms with Crippen molar-refractivity contribution in [1.29, 1.82) is 0 Å². The minimum Gasteiger partial charge on any atom is -0.330 e. The van der Waals surface area contributed by atoms with Gasteiger partial charge in [-0.1, -0.05) is 12.1 Å². The highest BCUT2D eigenvalue weighted by molar-refractivity contribution is 5.91. The van der Waals surface area contributed by atoms with Crippen molar-refractivity contribution in [2.75, 3.05) is 26.0 Å². The number of nitrogens with two attached hydrogens (primary N) is 1. The van der Waals surface area contributed by atoms with Gasteiger partial charge in [0.25, 0.3) is 0 Å². The van der Waals surface area contributed by atoms with Crippen LogP contribution in [0.5, 0.6) is 0 Å². The van der Waals surface area contributed by atoms with Gasteiger partial charge in [0.15, 0.2) is 0 Å². The molecule has 1 rings (SSSR count). The summed E-state index contributed by atoms with van der Waals surface area (Å²) in [6, 6.07) is 6.16. The molecule has 0 atom stereocenters. The summed E-state index contributed by atoms with van der Waals surface area (Å²) in [6.45, 7) is 3.41. The van der Waals surface area contributed by atoms with Gasteiger partial charge in [-0.3, -0.25) is 4.79 Å². The van der Waals surface area contributed by atoms with Gasteiger partial charge in [0.1, 0.15) is 0 Å². The Kier molecular flexibility index (Phi) is 5.82. The second kappa shape index (κ2) is 7.13. The number of carbonyl (C=O) groups excluding carboxylic acids is 1. The Morgan fingerprint density at radius 3 is 2.72 bits per heavy atom. The average molecular weight is 249 g/mol. The van der Waals surface area contributed by atoms with E-state index in [1.165, 1.54) is 5.56 Å². The van der Waals surface area contributed by atoms with Gasteiger partial charge in [-0.2, -0.15) is 0 Å². The minimum atomic E-state index is 0.0329. The van der Waals surface area contributed by atoms with Crippen LogP contribution < -0.4 is 11.1 Å². The third-order valence-corrected chi connectivity index (χ3v) is 2.68. The molecule has 18 heavy (non-hydrogen) atoms. The molecule has 0 aliphatic carbocycles. The van der Waals surface area contributed by atoms with Crippen LogP contribution in [0.25, 0.3) is 0 Å². The first kappa shape index (κ1) is 14.7. The molecule has 1 amide bonds. The predicted octanol–water partition coefficient (Wildman–Crippen LogP) is 1.73. The van der Waals surface area contributed by atoms with Gasteiger partial charge in [-0.15, -0.1) is 0 Å². The number of anilines is 1.